The Balaban J connectivity index is 1.62. The molecule has 0 unspecified atom stereocenters. The molecular weight excluding hydrogens is 347 g/mol. The SMILES string of the molecule is COc1ccc(C(=O)Nc2ccc(C(=O)Nc3ccc(F)cc3)cc2)cc1. The van der Waals surface area contributed by atoms with E-state index in [0.717, 1.165) is 0 Å². The first-order valence-electron chi connectivity index (χ1n) is 8.17. The number of anilines is 2. The standard InChI is InChI=1S/C21H17FN2O3/c1-27-19-12-4-15(5-13-19)21(26)23-17-8-2-14(3-9-17)20(25)24-18-10-6-16(22)7-11-18/h2-13H,1H3,(H,23,26)(H,24,25). The van der Waals surface area contributed by atoms with Crippen molar-refractivity contribution in [3.05, 3.63) is 89.7 Å². The minimum Gasteiger partial charge on any atom is -0.497 e. The zero-order valence-corrected chi connectivity index (χ0v) is 14.5. The van der Waals surface area contributed by atoms with Crippen molar-refractivity contribution in [1.29, 1.82) is 0 Å². The Morgan fingerprint density at radius 2 is 1.11 bits per heavy atom. The van der Waals surface area contributed by atoms with E-state index in [1.54, 1.807) is 55.6 Å². The van der Waals surface area contributed by atoms with Crippen molar-refractivity contribution in [2.75, 3.05) is 17.7 Å². The summed E-state index contributed by atoms with van der Waals surface area (Å²) >= 11 is 0. The van der Waals surface area contributed by atoms with Gasteiger partial charge in [0.25, 0.3) is 11.8 Å². The highest BCUT2D eigenvalue weighted by atomic mass is 19.1. The summed E-state index contributed by atoms with van der Waals surface area (Å²) in [5.74, 6) is -0.288. The van der Waals surface area contributed by atoms with Crippen molar-refractivity contribution in [1.82, 2.24) is 0 Å². The Kier molecular flexibility index (Phi) is 5.47. The smallest absolute Gasteiger partial charge is 0.255 e. The van der Waals surface area contributed by atoms with Crippen LogP contribution < -0.4 is 15.4 Å². The number of rotatable bonds is 5. The van der Waals surface area contributed by atoms with E-state index in [0.29, 0.717) is 28.3 Å². The lowest BCUT2D eigenvalue weighted by Gasteiger charge is -2.08. The normalized spacial score (nSPS) is 10.1. The largest absolute Gasteiger partial charge is 0.497 e. The van der Waals surface area contributed by atoms with Gasteiger partial charge in [-0.3, -0.25) is 9.59 Å². The first kappa shape index (κ1) is 18.1. The molecule has 0 saturated heterocycles. The molecule has 0 aliphatic heterocycles. The fraction of sp³-hybridized carbons (Fsp3) is 0.0476. The topological polar surface area (TPSA) is 67.4 Å². The highest BCUT2D eigenvalue weighted by molar-refractivity contribution is 6.06. The maximum absolute atomic E-state index is 12.9. The molecule has 0 heterocycles. The van der Waals surface area contributed by atoms with E-state index in [-0.39, 0.29) is 17.6 Å². The molecule has 0 bridgehead atoms. The van der Waals surface area contributed by atoms with Crippen LogP contribution in [0.3, 0.4) is 0 Å². The maximum Gasteiger partial charge on any atom is 0.255 e. The fourth-order valence-corrected chi connectivity index (χ4v) is 2.39. The van der Waals surface area contributed by atoms with Crippen LogP contribution >= 0.6 is 0 Å². The second-order valence-corrected chi connectivity index (χ2v) is 5.72. The number of hydrogen-bond acceptors (Lipinski definition) is 3. The molecule has 0 aliphatic carbocycles. The van der Waals surface area contributed by atoms with Crippen molar-refractivity contribution in [3.8, 4) is 5.75 Å². The van der Waals surface area contributed by atoms with Crippen LogP contribution in [0.25, 0.3) is 0 Å². The number of carbonyl (C=O) groups excluding carboxylic acids is 2. The lowest BCUT2D eigenvalue weighted by Crippen LogP contribution is -2.13. The Morgan fingerprint density at radius 3 is 1.56 bits per heavy atom. The summed E-state index contributed by atoms with van der Waals surface area (Å²) in [5.41, 5.74) is 1.98. The molecule has 2 N–H and O–H groups in total. The van der Waals surface area contributed by atoms with Crippen LogP contribution in [0.2, 0.25) is 0 Å². The van der Waals surface area contributed by atoms with Gasteiger partial charge in [-0.05, 0) is 72.8 Å². The Bertz CT molecular complexity index is 937. The lowest BCUT2D eigenvalue weighted by atomic mass is 10.1. The van der Waals surface area contributed by atoms with Crippen molar-refractivity contribution in [2.24, 2.45) is 0 Å². The zero-order valence-electron chi connectivity index (χ0n) is 14.5. The number of methoxy groups -OCH3 is 1. The highest BCUT2D eigenvalue weighted by Gasteiger charge is 2.09. The van der Waals surface area contributed by atoms with Gasteiger partial charge >= 0.3 is 0 Å². The number of nitrogens with one attached hydrogen (secondary N) is 2. The molecule has 2 amide bonds. The van der Waals surface area contributed by atoms with Gasteiger partial charge in [-0.15, -0.1) is 0 Å². The minimum atomic E-state index is -0.370. The molecule has 3 rings (SSSR count). The molecule has 6 heteroatoms. The van der Waals surface area contributed by atoms with Crippen LogP contribution in [0.4, 0.5) is 15.8 Å². The van der Waals surface area contributed by atoms with Crippen LogP contribution in [-0.2, 0) is 0 Å². The number of ether oxygens (including phenoxy) is 1. The van der Waals surface area contributed by atoms with Gasteiger partial charge in [0, 0.05) is 22.5 Å². The molecule has 5 nitrogen and oxygen atoms in total. The quantitative estimate of drug-likeness (QED) is 0.708. The number of amides is 2. The monoisotopic (exact) mass is 364 g/mol. The number of halogens is 1. The maximum atomic E-state index is 12.9. The van der Waals surface area contributed by atoms with Gasteiger partial charge < -0.3 is 15.4 Å². The van der Waals surface area contributed by atoms with Gasteiger partial charge in [0.05, 0.1) is 7.11 Å². The molecular formula is C21H17FN2O3. The van der Waals surface area contributed by atoms with Crippen molar-refractivity contribution >= 4 is 23.2 Å². The van der Waals surface area contributed by atoms with Gasteiger partial charge in [0.2, 0.25) is 0 Å². The average molecular weight is 364 g/mol. The molecule has 3 aromatic carbocycles. The van der Waals surface area contributed by atoms with E-state index in [2.05, 4.69) is 10.6 Å². The Hall–Kier alpha value is -3.67. The molecule has 0 aromatic heterocycles. The highest BCUT2D eigenvalue weighted by Crippen LogP contribution is 2.16. The third kappa shape index (κ3) is 4.70. The summed E-state index contributed by atoms with van der Waals surface area (Å²) in [6.45, 7) is 0. The number of hydrogen-bond donors (Lipinski definition) is 2. The summed E-state index contributed by atoms with van der Waals surface area (Å²) < 4.78 is 18.0. The summed E-state index contributed by atoms with van der Waals surface area (Å²) in [6, 6.07) is 18.7. The third-order valence-corrected chi connectivity index (χ3v) is 3.86. The second kappa shape index (κ2) is 8.14. The predicted octanol–water partition coefficient (Wildman–Crippen LogP) is 4.34. The van der Waals surface area contributed by atoms with Crippen LogP contribution in [0, 0.1) is 5.82 Å². The first-order chi connectivity index (χ1) is 13.0. The Morgan fingerprint density at radius 1 is 0.704 bits per heavy atom. The van der Waals surface area contributed by atoms with Gasteiger partial charge in [-0.25, -0.2) is 4.39 Å². The van der Waals surface area contributed by atoms with Crippen LogP contribution in [0.1, 0.15) is 20.7 Å². The summed E-state index contributed by atoms with van der Waals surface area (Å²) in [6.07, 6.45) is 0. The average Bonchev–Trinajstić information content (AvgIpc) is 2.70. The molecule has 0 aliphatic rings. The molecule has 136 valence electrons. The fourth-order valence-electron chi connectivity index (χ4n) is 2.39. The molecule has 3 aromatic rings. The molecule has 0 atom stereocenters. The van der Waals surface area contributed by atoms with Gasteiger partial charge in [0.15, 0.2) is 0 Å². The molecule has 0 fully saturated rings. The van der Waals surface area contributed by atoms with E-state index in [9.17, 15) is 14.0 Å². The van der Waals surface area contributed by atoms with Crippen molar-refractivity contribution in [3.63, 3.8) is 0 Å². The van der Waals surface area contributed by atoms with Crippen LogP contribution in [0.15, 0.2) is 72.8 Å². The minimum absolute atomic E-state index is 0.263. The Labute approximate surface area is 155 Å². The molecule has 0 radical (unpaired) electrons. The second-order valence-electron chi connectivity index (χ2n) is 5.72. The summed E-state index contributed by atoms with van der Waals surface area (Å²) in [7, 11) is 1.56. The number of benzene rings is 3. The van der Waals surface area contributed by atoms with E-state index in [1.165, 1.54) is 24.3 Å². The van der Waals surface area contributed by atoms with Crippen LogP contribution in [-0.4, -0.2) is 18.9 Å². The van der Waals surface area contributed by atoms with E-state index < -0.39 is 0 Å². The molecule has 27 heavy (non-hydrogen) atoms. The molecule has 0 spiro atoms. The summed E-state index contributed by atoms with van der Waals surface area (Å²) in [5, 5.41) is 5.44. The van der Waals surface area contributed by atoms with E-state index in [1.807, 2.05) is 0 Å². The summed E-state index contributed by atoms with van der Waals surface area (Å²) in [4.78, 5) is 24.4. The zero-order chi connectivity index (χ0) is 19.2. The van der Waals surface area contributed by atoms with Crippen molar-refractivity contribution in [2.45, 2.75) is 0 Å². The number of carbonyl (C=O) groups is 2. The van der Waals surface area contributed by atoms with E-state index in [4.69, 9.17) is 4.74 Å². The molecule has 0 saturated carbocycles. The third-order valence-electron chi connectivity index (χ3n) is 3.86. The lowest BCUT2D eigenvalue weighted by molar-refractivity contribution is 0.102. The predicted molar refractivity (Wildman–Crippen MR) is 102 cm³/mol. The van der Waals surface area contributed by atoms with Crippen LogP contribution in [0.5, 0.6) is 5.75 Å². The van der Waals surface area contributed by atoms with Gasteiger partial charge in [-0.1, -0.05) is 0 Å². The van der Waals surface area contributed by atoms with Crippen molar-refractivity contribution < 1.29 is 18.7 Å². The van der Waals surface area contributed by atoms with Gasteiger partial charge in [-0.2, -0.15) is 0 Å². The first-order valence-corrected chi connectivity index (χ1v) is 8.17. The van der Waals surface area contributed by atoms with Gasteiger partial charge in [0.1, 0.15) is 11.6 Å². The van der Waals surface area contributed by atoms with E-state index >= 15 is 0 Å².